The lowest BCUT2D eigenvalue weighted by Crippen LogP contribution is -2.48. The molecule has 1 amide bonds. The van der Waals surface area contributed by atoms with Crippen molar-refractivity contribution in [3.05, 3.63) is 35.9 Å². The number of benzene rings is 1. The lowest BCUT2D eigenvalue weighted by Gasteiger charge is -2.27. The lowest BCUT2D eigenvalue weighted by atomic mass is 9.97. The van der Waals surface area contributed by atoms with Gasteiger partial charge in [-0.05, 0) is 11.6 Å². The van der Waals surface area contributed by atoms with Gasteiger partial charge in [0.2, 0.25) is 0 Å². The van der Waals surface area contributed by atoms with Crippen LogP contribution in [0.2, 0.25) is 0 Å². The lowest BCUT2D eigenvalue weighted by molar-refractivity contribution is -0.174. The maximum atomic E-state index is 12.2. The van der Waals surface area contributed by atoms with Gasteiger partial charge in [-0.15, -0.1) is 0 Å². The summed E-state index contributed by atoms with van der Waals surface area (Å²) in [5, 5.41) is 1.93. The van der Waals surface area contributed by atoms with E-state index in [1.165, 1.54) is 0 Å². The predicted octanol–water partition coefficient (Wildman–Crippen LogP) is 2.31. The van der Waals surface area contributed by atoms with E-state index >= 15 is 0 Å². The summed E-state index contributed by atoms with van der Waals surface area (Å²) < 4.78 is 41.9. The second kappa shape index (κ2) is 4.95. The molecule has 0 saturated carbocycles. The minimum atomic E-state index is -4.88. The first kappa shape index (κ1) is 13.5. The van der Waals surface area contributed by atoms with Crippen molar-refractivity contribution in [3.8, 4) is 5.75 Å². The SMILES string of the molecule is C=Cc1cccc2c1C[C@@H](NC(=O)C(F)(F)F)CO2. The summed E-state index contributed by atoms with van der Waals surface area (Å²) in [6, 6.07) is 4.63. The molecule has 0 unspecified atom stereocenters. The van der Waals surface area contributed by atoms with E-state index in [1.54, 1.807) is 24.3 Å². The van der Waals surface area contributed by atoms with Crippen LogP contribution in [-0.2, 0) is 11.2 Å². The summed E-state index contributed by atoms with van der Waals surface area (Å²) in [6.45, 7) is 3.66. The first-order chi connectivity index (χ1) is 8.91. The molecule has 0 aromatic heterocycles. The zero-order chi connectivity index (χ0) is 14.0. The number of rotatable bonds is 2. The average Bonchev–Trinajstić information content (AvgIpc) is 2.36. The van der Waals surface area contributed by atoms with E-state index in [0.717, 1.165) is 11.1 Å². The molecule has 1 N–H and O–H groups in total. The van der Waals surface area contributed by atoms with Crippen LogP contribution in [0.4, 0.5) is 13.2 Å². The molecule has 3 nitrogen and oxygen atoms in total. The molecule has 0 saturated heterocycles. The molecule has 0 radical (unpaired) electrons. The first-order valence-electron chi connectivity index (χ1n) is 5.66. The smallest absolute Gasteiger partial charge is 0.471 e. The molecule has 1 aromatic rings. The molecule has 1 atom stereocenters. The molecule has 1 heterocycles. The van der Waals surface area contributed by atoms with Gasteiger partial charge in [-0.25, -0.2) is 0 Å². The highest BCUT2D eigenvalue weighted by Crippen LogP contribution is 2.28. The average molecular weight is 271 g/mol. The van der Waals surface area contributed by atoms with Crippen LogP contribution in [-0.4, -0.2) is 24.7 Å². The number of halogens is 3. The van der Waals surface area contributed by atoms with Crippen molar-refractivity contribution in [3.63, 3.8) is 0 Å². The van der Waals surface area contributed by atoms with Gasteiger partial charge in [-0.1, -0.05) is 24.8 Å². The molecule has 0 bridgehead atoms. The summed E-state index contributed by atoms with van der Waals surface area (Å²) in [4.78, 5) is 10.9. The van der Waals surface area contributed by atoms with Crippen molar-refractivity contribution in [2.24, 2.45) is 0 Å². The number of ether oxygens (including phenoxy) is 1. The largest absolute Gasteiger partial charge is 0.491 e. The van der Waals surface area contributed by atoms with Crippen LogP contribution in [0.25, 0.3) is 6.08 Å². The van der Waals surface area contributed by atoms with Gasteiger partial charge in [0.25, 0.3) is 0 Å². The Morgan fingerprint density at radius 3 is 2.84 bits per heavy atom. The highest BCUT2D eigenvalue weighted by atomic mass is 19.4. The molecule has 6 heteroatoms. The summed E-state index contributed by atoms with van der Waals surface area (Å²) in [6.07, 6.45) is -2.98. The quantitative estimate of drug-likeness (QED) is 0.896. The topological polar surface area (TPSA) is 38.3 Å². The highest BCUT2D eigenvalue weighted by molar-refractivity contribution is 5.82. The van der Waals surface area contributed by atoms with Gasteiger partial charge in [0, 0.05) is 12.0 Å². The van der Waals surface area contributed by atoms with Crippen molar-refractivity contribution in [1.82, 2.24) is 5.32 Å². The normalized spacial score (nSPS) is 18.2. The summed E-state index contributed by atoms with van der Waals surface area (Å²) >= 11 is 0. The molecular formula is C13H12F3NO2. The molecule has 1 aromatic carbocycles. The van der Waals surface area contributed by atoms with E-state index in [-0.39, 0.29) is 6.61 Å². The number of nitrogens with one attached hydrogen (secondary N) is 1. The second-order valence-corrected chi connectivity index (χ2v) is 4.21. The Morgan fingerprint density at radius 1 is 1.47 bits per heavy atom. The molecule has 1 aliphatic heterocycles. The Morgan fingerprint density at radius 2 is 2.21 bits per heavy atom. The van der Waals surface area contributed by atoms with Gasteiger partial charge in [-0.3, -0.25) is 4.79 Å². The van der Waals surface area contributed by atoms with Crippen molar-refractivity contribution in [1.29, 1.82) is 0 Å². The summed E-state index contributed by atoms with van der Waals surface area (Å²) in [5.41, 5.74) is 1.56. The van der Waals surface area contributed by atoms with Crippen LogP contribution in [0.15, 0.2) is 24.8 Å². The monoisotopic (exact) mass is 271 g/mol. The molecule has 0 fully saturated rings. The molecular weight excluding hydrogens is 259 g/mol. The predicted molar refractivity (Wildman–Crippen MR) is 63.7 cm³/mol. The standard InChI is InChI=1S/C13H12F3NO2/c1-2-8-4-3-5-11-10(8)6-9(7-19-11)17-12(18)13(14,15)16/h2-5,9H,1,6-7H2,(H,17,18)/t9-/m1/s1. The zero-order valence-corrected chi connectivity index (χ0v) is 9.96. The number of alkyl halides is 3. The fourth-order valence-corrected chi connectivity index (χ4v) is 1.98. The molecule has 1 aliphatic rings. The van der Waals surface area contributed by atoms with Gasteiger partial charge in [0.15, 0.2) is 0 Å². The van der Waals surface area contributed by atoms with E-state index in [0.29, 0.717) is 12.2 Å². The minimum Gasteiger partial charge on any atom is -0.491 e. The van der Waals surface area contributed by atoms with E-state index < -0.39 is 18.1 Å². The molecule has 19 heavy (non-hydrogen) atoms. The number of hydrogen-bond acceptors (Lipinski definition) is 2. The first-order valence-corrected chi connectivity index (χ1v) is 5.66. The molecule has 102 valence electrons. The van der Waals surface area contributed by atoms with Crippen molar-refractivity contribution >= 4 is 12.0 Å². The third kappa shape index (κ3) is 2.89. The number of carbonyl (C=O) groups excluding carboxylic acids is 1. The molecule has 0 spiro atoms. The van der Waals surface area contributed by atoms with Crippen molar-refractivity contribution in [2.45, 2.75) is 18.6 Å². The van der Waals surface area contributed by atoms with Gasteiger partial charge < -0.3 is 10.1 Å². The number of hydrogen-bond donors (Lipinski definition) is 1. The van der Waals surface area contributed by atoms with E-state index in [2.05, 4.69) is 6.58 Å². The van der Waals surface area contributed by atoms with Crippen LogP contribution in [0.3, 0.4) is 0 Å². The third-order valence-electron chi connectivity index (χ3n) is 2.87. The maximum absolute atomic E-state index is 12.2. The summed E-state index contributed by atoms with van der Waals surface area (Å²) in [5.74, 6) is -1.32. The Hall–Kier alpha value is -1.98. The minimum absolute atomic E-state index is 0.0232. The van der Waals surface area contributed by atoms with Crippen LogP contribution in [0, 0.1) is 0 Å². The number of fused-ring (bicyclic) bond motifs is 1. The Bertz CT molecular complexity index is 511. The van der Waals surface area contributed by atoms with Crippen LogP contribution in [0.5, 0.6) is 5.75 Å². The third-order valence-corrected chi connectivity index (χ3v) is 2.87. The second-order valence-electron chi connectivity index (χ2n) is 4.21. The van der Waals surface area contributed by atoms with E-state index in [1.807, 2.05) is 5.32 Å². The van der Waals surface area contributed by atoms with E-state index in [9.17, 15) is 18.0 Å². The van der Waals surface area contributed by atoms with Gasteiger partial charge in [0.1, 0.15) is 12.4 Å². The maximum Gasteiger partial charge on any atom is 0.471 e. The zero-order valence-electron chi connectivity index (χ0n) is 9.96. The Balaban J connectivity index is 2.14. The van der Waals surface area contributed by atoms with Gasteiger partial charge >= 0.3 is 12.1 Å². The van der Waals surface area contributed by atoms with Crippen molar-refractivity contribution < 1.29 is 22.7 Å². The molecule has 0 aliphatic carbocycles. The molecule has 2 rings (SSSR count). The number of carbonyl (C=O) groups is 1. The van der Waals surface area contributed by atoms with Gasteiger partial charge in [-0.2, -0.15) is 13.2 Å². The van der Waals surface area contributed by atoms with E-state index in [4.69, 9.17) is 4.74 Å². The Kier molecular flexibility index (Phi) is 3.50. The van der Waals surface area contributed by atoms with Crippen molar-refractivity contribution in [2.75, 3.05) is 6.61 Å². The van der Waals surface area contributed by atoms with Crippen LogP contribution >= 0.6 is 0 Å². The number of amides is 1. The van der Waals surface area contributed by atoms with Crippen LogP contribution in [0.1, 0.15) is 11.1 Å². The summed E-state index contributed by atoms with van der Waals surface area (Å²) in [7, 11) is 0. The fraction of sp³-hybridized carbons (Fsp3) is 0.308. The fourth-order valence-electron chi connectivity index (χ4n) is 1.98. The van der Waals surface area contributed by atoms with Crippen LogP contribution < -0.4 is 10.1 Å². The Labute approximate surface area is 108 Å². The van der Waals surface area contributed by atoms with Gasteiger partial charge in [0.05, 0.1) is 6.04 Å². The highest BCUT2D eigenvalue weighted by Gasteiger charge is 2.40.